The van der Waals surface area contributed by atoms with E-state index in [4.69, 9.17) is 17.3 Å². The molecular weight excluding hydrogens is 260 g/mol. The summed E-state index contributed by atoms with van der Waals surface area (Å²) >= 11 is 5.97. The molecule has 0 bridgehead atoms. The number of nitrogen functional groups attached to an aromatic ring is 1. The Bertz CT molecular complexity index is 592. The first-order valence-electron chi connectivity index (χ1n) is 6.96. The predicted octanol–water partition coefficient (Wildman–Crippen LogP) is 3.81. The third-order valence-electron chi connectivity index (χ3n) is 4.17. The van der Waals surface area contributed by atoms with E-state index in [0.29, 0.717) is 22.9 Å². The van der Waals surface area contributed by atoms with Crippen molar-refractivity contribution in [3.8, 4) is 0 Å². The third-order valence-corrected chi connectivity index (χ3v) is 4.38. The van der Waals surface area contributed by atoms with Crippen molar-refractivity contribution in [2.24, 2.45) is 5.92 Å². The van der Waals surface area contributed by atoms with E-state index in [2.05, 4.69) is 21.5 Å². The average Bonchev–Trinajstić information content (AvgIpc) is 2.54. The first-order chi connectivity index (χ1) is 9.16. The maximum atomic E-state index is 6.12. The summed E-state index contributed by atoms with van der Waals surface area (Å²) in [4.78, 5) is 8.84. The fraction of sp³-hybridized carbons (Fsp3) is 0.571. The van der Waals surface area contributed by atoms with Crippen LogP contribution in [0.2, 0.25) is 5.02 Å². The molecular formula is C14H19ClN4. The van der Waals surface area contributed by atoms with Crippen LogP contribution < -0.4 is 5.73 Å². The highest BCUT2D eigenvalue weighted by molar-refractivity contribution is 6.31. The Labute approximate surface area is 118 Å². The van der Waals surface area contributed by atoms with Crippen molar-refractivity contribution < 1.29 is 0 Å². The minimum Gasteiger partial charge on any atom is -0.369 e. The lowest BCUT2D eigenvalue weighted by atomic mass is 9.97. The van der Waals surface area contributed by atoms with E-state index >= 15 is 0 Å². The molecule has 0 saturated heterocycles. The first kappa shape index (κ1) is 12.7. The average molecular weight is 279 g/mol. The van der Waals surface area contributed by atoms with Crippen LogP contribution in [-0.2, 0) is 0 Å². The van der Waals surface area contributed by atoms with Crippen molar-refractivity contribution in [2.45, 2.75) is 45.1 Å². The Balaban J connectivity index is 2.10. The van der Waals surface area contributed by atoms with Crippen LogP contribution in [0.3, 0.4) is 0 Å². The summed E-state index contributed by atoms with van der Waals surface area (Å²) in [5.74, 6) is 1.17. The lowest BCUT2D eigenvalue weighted by Gasteiger charge is -2.24. The van der Waals surface area contributed by atoms with Crippen LogP contribution in [0.15, 0.2) is 12.3 Å². The molecule has 1 aliphatic rings. The van der Waals surface area contributed by atoms with Crippen molar-refractivity contribution in [1.82, 2.24) is 14.5 Å². The Kier molecular flexibility index (Phi) is 3.35. The molecule has 1 aliphatic carbocycles. The summed E-state index contributed by atoms with van der Waals surface area (Å²) in [6, 6.07) is 2.24. The number of nitrogens with zero attached hydrogens (tertiary/aromatic N) is 3. The minimum atomic E-state index is 0.404. The van der Waals surface area contributed by atoms with E-state index in [1.165, 1.54) is 25.7 Å². The third kappa shape index (κ3) is 2.29. The molecule has 0 spiro atoms. The molecule has 2 atom stereocenters. The van der Waals surface area contributed by atoms with E-state index in [-0.39, 0.29) is 0 Å². The van der Waals surface area contributed by atoms with Gasteiger partial charge >= 0.3 is 0 Å². The zero-order chi connectivity index (χ0) is 13.4. The number of imidazole rings is 1. The molecule has 3 rings (SSSR count). The summed E-state index contributed by atoms with van der Waals surface area (Å²) in [5.41, 5.74) is 7.77. The van der Waals surface area contributed by atoms with E-state index in [9.17, 15) is 0 Å². The van der Waals surface area contributed by atoms with Crippen LogP contribution in [0.4, 0.5) is 5.95 Å². The van der Waals surface area contributed by atoms with Gasteiger partial charge in [0.2, 0.25) is 5.95 Å². The standard InChI is InChI=1S/C14H19ClN4/c1-9-5-3-2-4-6-12(9)19-13-11(18-14(19)16)7-10(15)8-17-13/h7-9,12H,2-6H2,1H3,(H2,16,18). The number of aromatic nitrogens is 3. The summed E-state index contributed by atoms with van der Waals surface area (Å²) in [7, 11) is 0. The van der Waals surface area contributed by atoms with Crippen LogP contribution in [0.25, 0.3) is 11.2 Å². The number of fused-ring (bicyclic) bond motifs is 1. The monoisotopic (exact) mass is 278 g/mol. The molecule has 0 aliphatic heterocycles. The van der Waals surface area contributed by atoms with Gasteiger partial charge in [0.1, 0.15) is 5.52 Å². The van der Waals surface area contributed by atoms with Gasteiger partial charge in [-0.15, -0.1) is 0 Å². The number of pyridine rings is 1. The summed E-state index contributed by atoms with van der Waals surface area (Å²) in [5, 5.41) is 0.603. The number of nitrogens with two attached hydrogens (primary N) is 1. The summed E-state index contributed by atoms with van der Waals surface area (Å²) < 4.78 is 2.11. The van der Waals surface area contributed by atoms with Gasteiger partial charge in [-0.2, -0.15) is 0 Å². The van der Waals surface area contributed by atoms with Crippen molar-refractivity contribution in [3.63, 3.8) is 0 Å². The maximum Gasteiger partial charge on any atom is 0.202 e. The van der Waals surface area contributed by atoms with E-state index < -0.39 is 0 Å². The number of anilines is 1. The Morgan fingerprint density at radius 1 is 1.32 bits per heavy atom. The number of halogens is 1. The molecule has 0 radical (unpaired) electrons. The predicted molar refractivity (Wildman–Crippen MR) is 78.2 cm³/mol. The normalized spacial score (nSPS) is 24.5. The molecule has 2 aromatic heterocycles. The molecule has 2 N–H and O–H groups in total. The number of rotatable bonds is 1. The molecule has 2 aromatic rings. The van der Waals surface area contributed by atoms with Crippen molar-refractivity contribution in [2.75, 3.05) is 5.73 Å². The second-order valence-corrected chi connectivity index (χ2v) is 5.96. The van der Waals surface area contributed by atoms with Gasteiger partial charge in [-0.1, -0.05) is 37.8 Å². The lowest BCUT2D eigenvalue weighted by molar-refractivity contribution is 0.343. The largest absolute Gasteiger partial charge is 0.369 e. The topological polar surface area (TPSA) is 56.7 Å². The molecule has 19 heavy (non-hydrogen) atoms. The highest BCUT2D eigenvalue weighted by atomic mass is 35.5. The van der Waals surface area contributed by atoms with Crippen molar-refractivity contribution in [3.05, 3.63) is 17.3 Å². The zero-order valence-electron chi connectivity index (χ0n) is 11.1. The van der Waals surface area contributed by atoms with E-state index in [1.54, 1.807) is 6.20 Å². The van der Waals surface area contributed by atoms with Crippen LogP contribution >= 0.6 is 11.6 Å². The van der Waals surface area contributed by atoms with Gasteiger partial charge < -0.3 is 5.73 Å². The Morgan fingerprint density at radius 3 is 2.95 bits per heavy atom. The molecule has 1 saturated carbocycles. The number of hydrogen-bond donors (Lipinski definition) is 1. The quantitative estimate of drug-likeness (QED) is 0.807. The molecule has 5 heteroatoms. The van der Waals surface area contributed by atoms with Gasteiger partial charge in [-0.3, -0.25) is 4.57 Å². The summed E-state index contributed by atoms with van der Waals surface area (Å²) in [6.45, 7) is 2.30. The molecule has 0 aromatic carbocycles. The zero-order valence-corrected chi connectivity index (χ0v) is 11.9. The van der Waals surface area contributed by atoms with Crippen LogP contribution in [0.1, 0.15) is 45.1 Å². The van der Waals surface area contributed by atoms with Crippen molar-refractivity contribution in [1.29, 1.82) is 0 Å². The Morgan fingerprint density at radius 2 is 2.11 bits per heavy atom. The highest BCUT2D eigenvalue weighted by Gasteiger charge is 2.25. The second-order valence-electron chi connectivity index (χ2n) is 5.52. The minimum absolute atomic E-state index is 0.404. The maximum absolute atomic E-state index is 6.12. The fourth-order valence-electron chi connectivity index (χ4n) is 3.16. The Hall–Kier alpha value is -1.29. The number of hydrogen-bond acceptors (Lipinski definition) is 3. The van der Waals surface area contributed by atoms with Gasteiger partial charge in [0.15, 0.2) is 5.65 Å². The van der Waals surface area contributed by atoms with Gasteiger partial charge in [0, 0.05) is 12.2 Å². The highest BCUT2D eigenvalue weighted by Crippen LogP contribution is 2.36. The van der Waals surface area contributed by atoms with Gasteiger partial charge in [-0.25, -0.2) is 9.97 Å². The second kappa shape index (κ2) is 5.00. The molecule has 4 nitrogen and oxygen atoms in total. The fourth-order valence-corrected chi connectivity index (χ4v) is 3.31. The van der Waals surface area contributed by atoms with Gasteiger partial charge in [0.25, 0.3) is 0 Å². The molecule has 1 fully saturated rings. The molecule has 2 unspecified atom stereocenters. The van der Waals surface area contributed by atoms with Crippen LogP contribution in [0, 0.1) is 5.92 Å². The van der Waals surface area contributed by atoms with Gasteiger partial charge in [-0.05, 0) is 24.8 Å². The van der Waals surface area contributed by atoms with E-state index in [0.717, 1.165) is 17.6 Å². The summed E-state index contributed by atoms with van der Waals surface area (Å²) in [6.07, 6.45) is 7.94. The smallest absolute Gasteiger partial charge is 0.202 e. The lowest BCUT2D eigenvalue weighted by Crippen LogP contribution is -2.18. The van der Waals surface area contributed by atoms with E-state index in [1.807, 2.05) is 6.07 Å². The molecule has 0 amide bonds. The molecule has 2 heterocycles. The molecule has 102 valence electrons. The van der Waals surface area contributed by atoms with Crippen LogP contribution in [-0.4, -0.2) is 14.5 Å². The SMILES string of the molecule is CC1CCCCCC1n1c(N)nc2cc(Cl)cnc21. The van der Waals surface area contributed by atoms with Gasteiger partial charge in [0.05, 0.1) is 5.02 Å². The first-order valence-corrected chi connectivity index (χ1v) is 7.33. The van der Waals surface area contributed by atoms with Crippen LogP contribution in [0.5, 0.6) is 0 Å². The van der Waals surface area contributed by atoms with Crippen molar-refractivity contribution >= 4 is 28.7 Å².